The fourth-order valence-corrected chi connectivity index (χ4v) is 3.18. The number of nitrogens with one attached hydrogen (secondary N) is 1. The van der Waals surface area contributed by atoms with E-state index in [1.165, 1.54) is 24.0 Å². The number of benzene rings is 2. The second-order valence-electron chi connectivity index (χ2n) is 6.45. The van der Waals surface area contributed by atoms with Crippen LogP contribution in [0.1, 0.15) is 30.9 Å². The molecule has 0 fully saturated rings. The first-order valence-electron chi connectivity index (χ1n) is 8.92. The van der Waals surface area contributed by atoms with Crippen LogP contribution >= 0.6 is 0 Å². The zero-order valence-electron chi connectivity index (χ0n) is 15.5. The van der Waals surface area contributed by atoms with E-state index < -0.39 is 6.10 Å². The Kier molecular flexibility index (Phi) is 5.66. The van der Waals surface area contributed by atoms with Gasteiger partial charge in [-0.05, 0) is 68.0 Å². The summed E-state index contributed by atoms with van der Waals surface area (Å²) in [5, 5.41) is 2.85. The molecule has 0 saturated heterocycles. The Hall–Kier alpha value is -2.69. The van der Waals surface area contributed by atoms with Crippen LogP contribution in [0.5, 0.6) is 17.2 Å². The summed E-state index contributed by atoms with van der Waals surface area (Å²) in [7, 11) is 3.14. The number of rotatable bonds is 6. The second kappa shape index (κ2) is 8.13. The van der Waals surface area contributed by atoms with Crippen molar-refractivity contribution in [3.8, 4) is 17.2 Å². The Labute approximate surface area is 154 Å². The van der Waals surface area contributed by atoms with E-state index in [9.17, 15) is 4.79 Å². The summed E-state index contributed by atoms with van der Waals surface area (Å²) in [6, 6.07) is 11.4. The lowest BCUT2D eigenvalue weighted by molar-refractivity contribution is -0.122. The maximum atomic E-state index is 12.5. The fourth-order valence-electron chi connectivity index (χ4n) is 3.18. The molecule has 1 N–H and O–H groups in total. The number of hydrogen-bond donors (Lipinski definition) is 1. The Morgan fingerprint density at radius 3 is 2.42 bits per heavy atom. The molecule has 0 bridgehead atoms. The number of fused-ring (bicyclic) bond motifs is 1. The van der Waals surface area contributed by atoms with Crippen LogP contribution in [0.25, 0.3) is 0 Å². The highest BCUT2D eigenvalue weighted by Gasteiger charge is 2.18. The SMILES string of the molecule is COc1ccc(NC(=O)[C@@H](C)Oc2ccc3c(c2)CCCC3)c(OC)c1. The van der Waals surface area contributed by atoms with Gasteiger partial charge in [0.05, 0.1) is 19.9 Å². The zero-order valence-corrected chi connectivity index (χ0v) is 15.5. The van der Waals surface area contributed by atoms with Crippen LogP contribution < -0.4 is 19.5 Å². The van der Waals surface area contributed by atoms with Gasteiger partial charge in [-0.25, -0.2) is 0 Å². The van der Waals surface area contributed by atoms with Gasteiger partial charge in [0.25, 0.3) is 5.91 Å². The van der Waals surface area contributed by atoms with Crippen molar-refractivity contribution in [2.75, 3.05) is 19.5 Å². The number of amides is 1. The molecule has 2 aromatic carbocycles. The molecule has 3 rings (SSSR count). The molecule has 1 aliphatic rings. The third-order valence-corrected chi connectivity index (χ3v) is 4.67. The summed E-state index contributed by atoms with van der Waals surface area (Å²) in [5.41, 5.74) is 3.31. The van der Waals surface area contributed by atoms with Crippen molar-refractivity contribution >= 4 is 11.6 Å². The molecule has 5 heteroatoms. The molecule has 138 valence electrons. The molecule has 5 nitrogen and oxygen atoms in total. The topological polar surface area (TPSA) is 56.8 Å². The van der Waals surface area contributed by atoms with Gasteiger partial charge in [0.15, 0.2) is 6.10 Å². The standard InChI is InChI=1S/C21H25NO4/c1-14(26-18-9-8-15-6-4-5-7-16(15)12-18)21(23)22-19-11-10-17(24-2)13-20(19)25-3/h8-14H,4-7H2,1-3H3,(H,22,23)/t14-/m1/s1. The van der Waals surface area contributed by atoms with Crippen molar-refractivity contribution in [1.29, 1.82) is 0 Å². The second-order valence-corrected chi connectivity index (χ2v) is 6.45. The molecule has 0 aromatic heterocycles. The molecule has 0 spiro atoms. The Morgan fingerprint density at radius 1 is 0.962 bits per heavy atom. The number of anilines is 1. The van der Waals surface area contributed by atoms with Crippen LogP contribution in [0.2, 0.25) is 0 Å². The lowest BCUT2D eigenvalue weighted by Crippen LogP contribution is -2.30. The van der Waals surface area contributed by atoms with Gasteiger partial charge in [0.2, 0.25) is 0 Å². The van der Waals surface area contributed by atoms with E-state index >= 15 is 0 Å². The molecule has 2 aromatic rings. The lowest BCUT2D eigenvalue weighted by atomic mass is 9.92. The van der Waals surface area contributed by atoms with Crippen molar-refractivity contribution in [2.45, 2.75) is 38.7 Å². The normalized spacial score (nSPS) is 14.1. The molecule has 0 unspecified atom stereocenters. The summed E-state index contributed by atoms with van der Waals surface area (Å²) in [5.74, 6) is 1.71. The van der Waals surface area contributed by atoms with Crippen LogP contribution in [-0.2, 0) is 17.6 Å². The van der Waals surface area contributed by atoms with E-state index in [2.05, 4.69) is 17.4 Å². The minimum Gasteiger partial charge on any atom is -0.497 e. The van der Waals surface area contributed by atoms with E-state index in [4.69, 9.17) is 14.2 Å². The Bertz CT molecular complexity index is 788. The summed E-state index contributed by atoms with van der Waals surface area (Å²) >= 11 is 0. The van der Waals surface area contributed by atoms with Crippen molar-refractivity contribution in [3.63, 3.8) is 0 Å². The highest BCUT2D eigenvalue weighted by Crippen LogP contribution is 2.30. The van der Waals surface area contributed by atoms with Crippen molar-refractivity contribution < 1.29 is 19.0 Å². The van der Waals surface area contributed by atoms with Gasteiger partial charge < -0.3 is 19.5 Å². The highest BCUT2D eigenvalue weighted by molar-refractivity contribution is 5.95. The van der Waals surface area contributed by atoms with E-state index in [-0.39, 0.29) is 5.91 Å². The zero-order chi connectivity index (χ0) is 18.5. The van der Waals surface area contributed by atoms with Gasteiger partial charge in [-0.1, -0.05) is 6.07 Å². The number of methoxy groups -OCH3 is 2. The predicted molar refractivity (Wildman–Crippen MR) is 101 cm³/mol. The van der Waals surface area contributed by atoms with Crippen molar-refractivity contribution in [3.05, 3.63) is 47.5 Å². The summed E-state index contributed by atoms with van der Waals surface area (Å²) in [6.45, 7) is 1.74. The minimum atomic E-state index is -0.622. The number of ether oxygens (including phenoxy) is 3. The summed E-state index contributed by atoms with van der Waals surface area (Å²) in [4.78, 5) is 12.5. The van der Waals surface area contributed by atoms with E-state index in [0.29, 0.717) is 17.2 Å². The first-order valence-corrected chi connectivity index (χ1v) is 8.92. The number of carbonyl (C=O) groups is 1. The van der Waals surface area contributed by atoms with Gasteiger partial charge in [-0.15, -0.1) is 0 Å². The third-order valence-electron chi connectivity index (χ3n) is 4.67. The van der Waals surface area contributed by atoms with Gasteiger partial charge in [-0.2, -0.15) is 0 Å². The number of hydrogen-bond acceptors (Lipinski definition) is 4. The molecule has 0 radical (unpaired) electrons. The van der Waals surface area contributed by atoms with Gasteiger partial charge in [0, 0.05) is 6.07 Å². The average molecular weight is 355 g/mol. The average Bonchev–Trinajstić information content (AvgIpc) is 2.68. The van der Waals surface area contributed by atoms with E-state index in [0.717, 1.165) is 18.6 Å². The molecule has 26 heavy (non-hydrogen) atoms. The van der Waals surface area contributed by atoms with Crippen LogP contribution in [-0.4, -0.2) is 26.2 Å². The maximum absolute atomic E-state index is 12.5. The molecule has 0 aliphatic heterocycles. The summed E-state index contributed by atoms with van der Waals surface area (Å²) in [6.07, 6.45) is 4.04. The van der Waals surface area contributed by atoms with Crippen molar-refractivity contribution in [1.82, 2.24) is 0 Å². The van der Waals surface area contributed by atoms with Crippen molar-refractivity contribution in [2.24, 2.45) is 0 Å². The Morgan fingerprint density at radius 2 is 1.69 bits per heavy atom. The van der Waals surface area contributed by atoms with Crippen LogP contribution in [0.3, 0.4) is 0 Å². The van der Waals surface area contributed by atoms with Gasteiger partial charge in [0.1, 0.15) is 17.2 Å². The van der Waals surface area contributed by atoms with Crippen LogP contribution in [0.4, 0.5) is 5.69 Å². The molecular weight excluding hydrogens is 330 g/mol. The molecule has 0 saturated carbocycles. The van der Waals surface area contributed by atoms with Crippen LogP contribution in [0, 0.1) is 0 Å². The van der Waals surface area contributed by atoms with Gasteiger partial charge in [-0.3, -0.25) is 4.79 Å². The number of carbonyl (C=O) groups excluding carboxylic acids is 1. The molecule has 1 amide bonds. The fraction of sp³-hybridized carbons (Fsp3) is 0.381. The quantitative estimate of drug-likeness (QED) is 0.851. The van der Waals surface area contributed by atoms with E-state index in [1.807, 2.05) is 6.07 Å². The Balaban J connectivity index is 1.66. The first kappa shape index (κ1) is 18.1. The smallest absolute Gasteiger partial charge is 0.265 e. The lowest BCUT2D eigenvalue weighted by Gasteiger charge is -2.19. The maximum Gasteiger partial charge on any atom is 0.265 e. The summed E-state index contributed by atoms with van der Waals surface area (Å²) < 4.78 is 16.3. The molecular formula is C21H25NO4. The molecule has 1 atom stereocenters. The van der Waals surface area contributed by atoms with Crippen LogP contribution in [0.15, 0.2) is 36.4 Å². The van der Waals surface area contributed by atoms with E-state index in [1.54, 1.807) is 39.3 Å². The predicted octanol–water partition coefficient (Wildman–Crippen LogP) is 3.99. The minimum absolute atomic E-state index is 0.230. The first-order chi connectivity index (χ1) is 12.6. The van der Waals surface area contributed by atoms with Gasteiger partial charge >= 0.3 is 0 Å². The third kappa shape index (κ3) is 4.10. The largest absolute Gasteiger partial charge is 0.497 e. The highest BCUT2D eigenvalue weighted by atomic mass is 16.5. The monoisotopic (exact) mass is 355 g/mol. The molecule has 1 aliphatic carbocycles. The molecule has 0 heterocycles. The number of aryl methyl sites for hydroxylation is 2.